The first-order valence-electron chi connectivity index (χ1n) is 2.52. The predicted octanol–water partition coefficient (Wildman–Crippen LogP) is 0.344. The van der Waals surface area contributed by atoms with Crippen molar-refractivity contribution in [2.75, 3.05) is 0 Å². The Labute approximate surface area is 58.0 Å². The number of aromatic nitrogens is 1. The van der Waals surface area contributed by atoms with Crippen molar-refractivity contribution in [3.05, 3.63) is 16.4 Å². The molecule has 1 N–H and O–H groups in total. The van der Waals surface area contributed by atoms with E-state index in [0.717, 1.165) is 4.60 Å². The van der Waals surface area contributed by atoms with Gasteiger partial charge in [-0.1, -0.05) is 5.46 Å². The Hall–Kier alpha value is -0.175. The number of aromatic amines is 1. The molecule has 0 saturated heterocycles. The summed E-state index contributed by atoms with van der Waals surface area (Å²) in [4.78, 5) is 3.12. The molecule has 1 nitrogen and oxygen atoms in total. The first kappa shape index (κ1) is 5.95. The minimum absolute atomic E-state index is 1.09. The standard InChI is InChI=1S/C5H7BBrN/c1-3-2-4(6)5(7)8-3/h2,8H,6H2,1H3. The summed E-state index contributed by atoms with van der Waals surface area (Å²) in [5.41, 5.74) is 2.47. The summed E-state index contributed by atoms with van der Waals surface area (Å²) in [7, 11) is 2.06. The Bertz CT molecular complexity index is 175. The minimum Gasteiger partial charge on any atom is -0.354 e. The van der Waals surface area contributed by atoms with Crippen LogP contribution >= 0.6 is 15.9 Å². The molecule has 0 amide bonds. The summed E-state index contributed by atoms with van der Waals surface area (Å²) in [6.07, 6.45) is 0. The molecule has 0 aliphatic rings. The molecule has 42 valence electrons. The third-order valence-corrected chi connectivity index (χ3v) is 1.91. The lowest BCUT2D eigenvalue weighted by Crippen LogP contribution is -1.97. The van der Waals surface area contributed by atoms with E-state index in [1.807, 2.05) is 6.92 Å². The van der Waals surface area contributed by atoms with Gasteiger partial charge >= 0.3 is 0 Å². The van der Waals surface area contributed by atoms with Gasteiger partial charge in [-0.25, -0.2) is 0 Å². The van der Waals surface area contributed by atoms with Crippen LogP contribution in [0.15, 0.2) is 10.7 Å². The molecule has 0 fully saturated rings. The van der Waals surface area contributed by atoms with E-state index in [9.17, 15) is 0 Å². The van der Waals surface area contributed by atoms with Crippen molar-refractivity contribution >= 4 is 29.2 Å². The normalized spacial score (nSPS) is 9.75. The number of hydrogen-bond acceptors (Lipinski definition) is 0. The SMILES string of the molecule is Bc1cc(C)[nH]c1Br. The Morgan fingerprint density at radius 1 is 1.75 bits per heavy atom. The molecule has 0 radical (unpaired) electrons. The number of aryl methyl sites for hydroxylation is 1. The van der Waals surface area contributed by atoms with Crippen LogP contribution in [0.4, 0.5) is 0 Å². The van der Waals surface area contributed by atoms with Gasteiger partial charge in [0.1, 0.15) is 7.85 Å². The fourth-order valence-electron chi connectivity index (χ4n) is 0.696. The third kappa shape index (κ3) is 0.970. The van der Waals surface area contributed by atoms with Crippen LogP contribution in [0.3, 0.4) is 0 Å². The average Bonchev–Trinajstić information content (AvgIpc) is 1.85. The summed E-state index contributed by atoms with van der Waals surface area (Å²) < 4.78 is 1.09. The maximum atomic E-state index is 3.36. The molecule has 3 heteroatoms. The number of hydrogen-bond donors (Lipinski definition) is 1. The highest BCUT2D eigenvalue weighted by Crippen LogP contribution is 2.02. The lowest BCUT2D eigenvalue weighted by Gasteiger charge is -1.79. The highest BCUT2D eigenvalue weighted by atomic mass is 79.9. The molecule has 1 heterocycles. The largest absolute Gasteiger partial charge is 0.354 e. The maximum Gasteiger partial charge on any atom is 0.142 e. The minimum atomic E-state index is 1.09. The van der Waals surface area contributed by atoms with Crippen molar-refractivity contribution < 1.29 is 0 Å². The van der Waals surface area contributed by atoms with Gasteiger partial charge in [-0.15, -0.1) is 0 Å². The summed E-state index contributed by atoms with van der Waals surface area (Å²) in [5, 5.41) is 0. The molecule has 0 aliphatic carbocycles. The number of halogens is 1. The Balaban J connectivity index is 3.14. The van der Waals surface area contributed by atoms with Gasteiger partial charge < -0.3 is 4.98 Å². The first-order valence-corrected chi connectivity index (χ1v) is 3.31. The molecule has 8 heavy (non-hydrogen) atoms. The molecule has 0 bridgehead atoms. The quantitative estimate of drug-likeness (QED) is 0.543. The van der Waals surface area contributed by atoms with Gasteiger partial charge in [0.2, 0.25) is 0 Å². The lowest BCUT2D eigenvalue weighted by atomic mass is 10.0. The second-order valence-electron chi connectivity index (χ2n) is 1.95. The van der Waals surface area contributed by atoms with E-state index >= 15 is 0 Å². The summed E-state index contributed by atoms with van der Waals surface area (Å²) in [6, 6.07) is 2.10. The zero-order valence-corrected chi connectivity index (χ0v) is 6.54. The Kier molecular flexibility index (Phi) is 1.47. The van der Waals surface area contributed by atoms with E-state index < -0.39 is 0 Å². The molecule has 1 aromatic heterocycles. The van der Waals surface area contributed by atoms with Crippen molar-refractivity contribution in [3.63, 3.8) is 0 Å². The van der Waals surface area contributed by atoms with Crippen molar-refractivity contribution in [2.45, 2.75) is 6.92 Å². The Morgan fingerprint density at radius 2 is 2.38 bits per heavy atom. The summed E-state index contributed by atoms with van der Waals surface area (Å²) >= 11 is 3.36. The molecule has 0 aliphatic heterocycles. The van der Waals surface area contributed by atoms with Crippen molar-refractivity contribution in [1.29, 1.82) is 0 Å². The van der Waals surface area contributed by atoms with E-state index in [1.54, 1.807) is 0 Å². The topological polar surface area (TPSA) is 15.8 Å². The fourth-order valence-corrected chi connectivity index (χ4v) is 1.12. The van der Waals surface area contributed by atoms with Crippen LogP contribution in [0.25, 0.3) is 0 Å². The maximum absolute atomic E-state index is 3.36. The number of nitrogens with one attached hydrogen (secondary N) is 1. The van der Waals surface area contributed by atoms with Crippen LogP contribution in [0.1, 0.15) is 5.69 Å². The van der Waals surface area contributed by atoms with E-state index in [0.29, 0.717) is 0 Å². The number of H-pyrrole nitrogens is 1. The van der Waals surface area contributed by atoms with E-state index in [2.05, 4.69) is 34.8 Å². The second-order valence-corrected chi connectivity index (χ2v) is 2.74. The van der Waals surface area contributed by atoms with Crippen molar-refractivity contribution in [1.82, 2.24) is 4.98 Å². The predicted molar refractivity (Wildman–Crippen MR) is 41.4 cm³/mol. The molecule has 0 saturated carbocycles. The monoisotopic (exact) mass is 171 g/mol. The zero-order chi connectivity index (χ0) is 6.15. The summed E-state index contributed by atoms with van der Waals surface area (Å²) in [6.45, 7) is 2.04. The van der Waals surface area contributed by atoms with Gasteiger partial charge in [-0.2, -0.15) is 0 Å². The molecule has 0 atom stereocenters. The molecule has 1 aromatic rings. The van der Waals surface area contributed by atoms with Crippen LogP contribution in [0.5, 0.6) is 0 Å². The van der Waals surface area contributed by atoms with Crippen LogP contribution in [-0.2, 0) is 0 Å². The summed E-state index contributed by atoms with van der Waals surface area (Å²) in [5.74, 6) is 0. The fraction of sp³-hybridized carbons (Fsp3) is 0.200. The molecule has 0 unspecified atom stereocenters. The molecule has 1 rings (SSSR count). The van der Waals surface area contributed by atoms with Gasteiger partial charge in [-0.05, 0) is 28.9 Å². The van der Waals surface area contributed by atoms with Crippen molar-refractivity contribution in [3.8, 4) is 0 Å². The molecular formula is C5H7BBrN. The smallest absolute Gasteiger partial charge is 0.142 e. The average molecular weight is 172 g/mol. The molecular weight excluding hydrogens is 165 g/mol. The number of rotatable bonds is 0. The van der Waals surface area contributed by atoms with Crippen LogP contribution in [-0.4, -0.2) is 12.8 Å². The van der Waals surface area contributed by atoms with Gasteiger partial charge in [0, 0.05) is 5.69 Å². The molecule has 0 aromatic carbocycles. The lowest BCUT2D eigenvalue weighted by molar-refractivity contribution is 1.24. The van der Waals surface area contributed by atoms with Gasteiger partial charge in [-0.3, -0.25) is 0 Å². The second kappa shape index (κ2) is 1.98. The van der Waals surface area contributed by atoms with Crippen LogP contribution in [0, 0.1) is 6.92 Å². The van der Waals surface area contributed by atoms with Gasteiger partial charge in [0.25, 0.3) is 0 Å². The molecule has 0 spiro atoms. The van der Waals surface area contributed by atoms with Crippen molar-refractivity contribution in [2.24, 2.45) is 0 Å². The highest BCUT2D eigenvalue weighted by Gasteiger charge is 1.93. The Morgan fingerprint density at radius 3 is 2.50 bits per heavy atom. The van der Waals surface area contributed by atoms with E-state index in [-0.39, 0.29) is 0 Å². The van der Waals surface area contributed by atoms with Gasteiger partial charge in [0.15, 0.2) is 0 Å². The van der Waals surface area contributed by atoms with E-state index in [1.165, 1.54) is 11.2 Å². The third-order valence-electron chi connectivity index (χ3n) is 1.09. The van der Waals surface area contributed by atoms with Crippen LogP contribution in [0.2, 0.25) is 0 Å². The zero-order valence-electron chi connectivity index (χ0n) is 4.96. The highest BCUT2D eigenvalue weighted by molar-refractivity contribution is 9.10. The van der Waals surface area contributed by atoms with Crippen LogP contribution < -0.4 is 5.46 Å². The first-order chi connectivity index (χ1) is 3.70. The van der Waals surface area contributed by atoms with E-state index in [4.69, 9.17) is 0 Å². The van der Waals surface area contributed by atoms with Gasteiger partial charge in [0.05, 0.1) is 4.60 Å².